The Morgan fingerprint density at radius 2 is 1.81 bits per heavy atom. The first-order chi connectivity index (χ1) is 12.5. The Kier molecular flexibility index (Phi) is 4.03. The second-order valence-electron chi connectivity index (χ2n) is 6.60. The molecule has 2 aromatic carbocycles. The minimum absolute atomic E-state index is 0.0223. The number of nitrogens with zero attached hydrogens (tertiary/aromatic N) is 2. The molecule has 0 amide bonds. The van der Waals surface area contributed by atoms with E-state index in [-0.39, 0.29) is 23.2 Å². The maximum atomic E-state index is 14.0. The molecule has 3 aromatic rings. The Morgan fingerprint density at radius 3 is 2.54 bits per heavy atom. The number of carbonyl (C=O) groups excluding carboxylic acids is 1. The van der Waals surface area contributed by atoms with Gasteiger partial charge in [-0.3, -0.25) is 4.79 Å². The third kappa shape index (κ3) is 2.87. The van der Waals surface area contributed by atoms with E-state index in [0.717, 1.165) is 5.69 Å². The van der Waals surface area contributed by atoms with Gasteiger partial charge in [0.25, 0.3) is 0 Å². The van der Waals surface area contributed by atoms with Crippen molar-refractivity contribution in [1.29, 1.82) is 0 Å². The SMILES string of the molecule is CC1CC(=O)c2c(Nc3ccccc3F)nn(-c3ccc(F)cc3)c2C1. The lowest BCUT2D eigenvalue weighted by Gasteiger charge is -2.19. The van der Waals surface area contributed by atoms with Crippen LogP contribution in [0.3, 0.4) is 0 Å². The van der Waals surface area contributed by atoms with Gasteiger partial charge >= 0.3 is 0 Å². The molecule has 4 rings (SSSR count). The second-order valence-corrected chi connectivity index (χ2v) is 6.60. The van der Waals surface area contributed by atoms with E-state index in [1.165, 1.54) is 18.2 Å². The monoisotopic (exact) mass is 353 g/mol. The molecule has 4 nitrogen and oxygen atoms in total. The van der Waals surface area contributed by atoms with Gasteiger partial charge in [0.05, 0.1) is 22.6 Å². The van der Waals surface area contributed by atoms with Crippen LogP contribution in [0, 0.1) is 17.6 Å². The molecule has 1 atom stereocenters. The average Bonchev–Trinajstić information content (AvgIpc) is 2.96. The molecule has 0 spiro atoms. The third-order valence-electron chi connectivity index (χ3n) is 4.53. The highest BCUT2D eigenvalue weighted by atomic mass is 19.1. The van der Waals surface area contributed by atoms with E-state index in [1.807, 2.05) is 6.92 Å². The van der Waals surface area contributed by atoms with E-state index in [4.69, 9.17) is 0 Å². The standard InChI is InChI=1S/C20H17F2N3O/c1-12-10-17-19(18(26)11-12)20(23-16-5-3-2-4-15(16)22)24-25(17)14-8-6-13(21)7-9-14/h2-9,12H,10-11H2,1H3,(H,23,24). The quantitative estimate of drug-likeness (QED) is 0.745. The summed E-state index contributed by atoms with van der Waals surface area (Å²) >= 11 is 0. The van der Waals surface area contributed by atoms with Gasteiger partial charge in [-0.25, -0.2) is 13.5 Å². The van der Waals surface area contributed by atoms with Crippen LogP contribution in [0.15, 0.2) is 48.5 Å². The number of para-hydroxylation sites is 1. The van der Waals surface area contributed by atoms with Crippen LogP contribution in [0.25, 0.3) is 5.69 Å². The minimum Gasteiger partial charge on any atom is -0.336 e. The van der Waals surface area contributed by atoms with Gasteiger partial charge in [-0.15, -0.1) is 5.10 Å². The maximum absolute atomic E-state index is 14.0. The molecule has 26 heavy (non-hydrogen) atoms. The molecular weight excluding hydrogens is 336 g/mol. The number of hydrogen-bond donors (Lipinski definition) is 1. The molecule has 1 aliphatic rings. The van der Waals surface area contributed by atoms with Gasteiger partial charge in [-0.1, -0.05) is 19.1 Å². The molecule has 0 saturated carbocycles. The van der Waals surface area contributed by atoms with Gasteiger partial charge in [0.1, 0.15) is 11.6 Å². The lowest BCUT2D eigenvalue weighted by molar-refractivity contribution is 0.0953. The smallest absolute Gasteiger partial charge is 0.168 e. The summed E-state index contributed by atoms with van der Waals surface area (Å²) in [4.78, 5) is 12.6. The van der Waals surface area contributed by atoms with Crippen molar-refractivity contribution in [3.63, 3.8) is 0 Å². The van der Waals surface area contributed by atoms with E-state index in [1.54, 1.807) is 35.0 Å². The maximum Gasteiger partial charge on any atom is 0.168 e. The molecule has 0 bridgehead atoms. The van der Waals surface area contributed by atoms with Gasteiger partial charge in [0, 0.05) is 6.42 Å². The number of carbonyl (C=O) groups is 1. The van der Waals surface area contributed by atoms with E-state index >= 15 is 0 Å². The van der Waals surface area contributed by atoms with Crippen molar-refractivity contribution < 1.29 is 13.6 Å². The van der Waals surface area contributed by atoms with Gasteiger partial charge in [-0.2, -0.15) is 0 Å². The van der Waals surface area contributed by atoms with Crippen molar-refractivity contribution in [2.45, 2.75) is 19.8 Å². The normalized spacial score (nSPS) is 16.4. The molecule has 6 heteroatoms. The summed E-state index contributed by atoms with van der Waals surface area (Å²) < 4.78 is 28.9. The van der Waals surface area contributed by atoms with Crippen molar-refractivity contribution in [1.82, 2.24) is 9.78 Å². The number of anilines is 2. The first kappa shape index (κ1) is 16.4. The Hall–Kier alpha value is -3.02. The number of rotatable bonds is 3. The molecule has 1 aromatic heterocycles. The number of Topliss-reactive ketones (excluding diaryl/α,β-unsaturated/α-hetero) is 1. The van der Waals surface area contributed by atoms with E-state index in [9.17, 15) is 13.6 Å². The number of ketones is 1. The summed E-state index contributed by atoms with van der Waals surface area (Å²) in [5, 5.41) is 7.45. The van der Waals surface area contributed by atoms with Crippen molar-refractivity contribution in [3.8, 4) is 5.69 Å². The van der Waals surface area contributed by atoms with Crippen LogP contribution >= 0.6 is 0 Å². The predicted molar refractivity (Wildman–Crippen MR) is 95.0 cm³/mol. The Balaban J connectivity index is 1.84. The summed E-state index contributed by atoms with van der Waals surface area (Å²) in [6, 6.07) is 12.2. The van der Waals surface area contributed by atoms with Gasteiger partial charge < -0.3 is 5.32 Å². The number of halogens is 2. The van der Waals surface area contributed by atoms with Gasteiger partial charge in [0.2, 0.25) is 0 Å². The number of aromatic nitrogens is 2. The largest absolute Gasteiger partial charge is 0.336 e. The highest BCUT2D eigenvalue weighted by Crippen LogP contribution is 2.34. The van der Waals surface area contributed by atoms with Crippen molar-refractivity contribution in [3.05, 3.63) is 71.4 Å². The molecule has 1 N–H and O–H groups in total. The topological polar surface area (TPSA) is 46.9 Å². The molecule has 0 saturated heterocycles. The average molecular weight is 353 g/mol. The first-order valence-electron chi connectivity index (χ1n) is 8.45. The fraction of sp³-hybridized carbons (Fsp3) is 0.200. The van der Waals surface area contributed by atoms with Crippen molar-refractivity contribution in [2.75, 3.05) is 5.32 Å². The molecule has 1 heterocycles. The van der Waals surface area contributed by atoms with E-state index in [2.05, 4.69) is 10.4 Å². The van der Waals surface area contributed by atoms with Gasteiger partial charge in [0.15, 0.2) is 11.6 Å². The Labute approximate surface area is 149 Å². The zero-order valence-corrected chi connectivity index (χ0v) is 14.2. The zero-order valence-electron chi connectivity index (χ0n) is 14.2. The van der Waals surface area contributed by atoms with Crippen LogP contribution in [-0.4, -0.2) is 15.6 Å². The van der Waals surface area contributed by atoms with Crippen LogP contribution < -0.4 is 5.32 Å². The second kappa shape index (κ2) is 6.37. The molecule has 0 aliphatic heterocycles. The number of fused-ring (bicyclic) bond motifs is 1. The molecule has 132 valence electrons. The van der Waals surface area contributed by atoms with Crippen molar-refractivity contribution >= 4 is 17.3 Å². The predicted octanol–water partition coefficient (Wildman–Crippen LogP) is 4.66. The highest BCUT2D eigenvalue weighted by Gasteiger charge is 2.31. The highest BCUT2D eigenvalue weighted by molar-refractivity contribution is 6.03. The molecule has 1 unspecified atom stereocenters. The van der Waals surface area contributed by atoms with Crippen molar-refractivity contribution in [2.24, 2.45) is 5.92 Å². The molecule has 0 radical (unpaired) electrons. The number of hydrogen-bond acceptors (Lipinski definition) is 3. The minimum atomic E-state index is -0.422. The molecular formula is C20H17F2N3O. The summed E-state index contributed by atoms with van der Waals surface area (Å²) in [6.07, 6.45) is 1.10. The Morgan fingerprint density at radius 1 is 1.08 bits per heavy atom. The van der Waals surface area contributed by atoms with Crippen LogP contribution in [0.1, 0.15) is 29.4 Å². The van der Waals surface area contributed by atoms with Crippen LogP contribution in [-0.2, 0) is 6.42 Å². The number of nitrogens with one attached hydrogen (secondary N) is 1. The van der Waals surface area contributed by atoms with Crippen LogP contribution in [0.5, 0.6) is 0 Å². The van der Waals surface area contributed by atoms with Crippen LogP contribution in [0.2, 0.25) is 0 Å². The summed E-state index contributed by atoms with van der Waals surface area (Å²) in [6.45, 7) is 2.01. The van der Waals surface area contributed by atoms with E-state index < -0.39 is 5.82 Å². The lowest BCUT2D eigenvalue weighted by Crippen LogP contribution is -2.19. The zero-order chi connectivity index (χ0) is 18.3. The third-order valence-corrected chi connectivity index (χ3v) is 4.53. The fourth-order valence-electron chi connectivity index (χ4n) is 3.33. The summed E-state index contributed by atoms with van der Waals surface area (Å²) in [7, 11) is 0. The van der Waals surface area contributed by atoms with Crippen LogP contribution in [0.4, 0.5) is 20.3 Å². The fourth-order valence-corrected chi connectivity index (χ4v) is 3.33. The molecule has 1 aliphatic carbocycles. The van der Waals surface area contributed by atoms with Gasteiger partial charge in [-0.05, 0) is 48.7 Å². The molecule has 0 fully saturated rings. The Bertz CT molecular complexity index is 979. The van der Waals surface area contributed by atoms with E-state index in [0.29, 0.717) is 29.9 Å². The first-order valence-corrected chi connectivity index (χ1v) is 8.45. The summed E-state index contributed by atoms with van der Waals surface area (Å²) in [5.41, 5.74) is 2.16. The summed E-state index contributed by atoms with van der Waals surface area (Å²) in [5.74, 6) is -0.275. The number of benzene rings is 2. The lowest BCUT2D eigenvalue weighted by atomic mass is 9.87.